The molecule has 4 rings (SSSR count). The van der Waals surface area contributed by atoms with E-state index >= 15 is 0 Å². The maximum Gasteiger partial charge on any atom is 0.321 e. The number of imidazole rings is 1. The van der Waals surface area contributed by atoms with Crippen LogP contribution in [0.15, 0.2) is 30.6 Å². The highest BCUT2D eigenvalue weighted by Gasteiger charge is 2.29. The maximum atomic E-state index is 12.9. The Morgan fingerprint density at radius 2 is 2.14 bits per heavy atom. The van der Waals surface area contributed by atoms with E-state index in [9.17, 15) is 4.79 Å². The van der Waals surface area contributed by atoms with Gasteiger partial charge in [0, 0.05) is 37.9 Å². The normalized spacial score (nSPS) is 19.9. The number of ether oxygens (including phenoxy) is 1. The topological polar surface area (TPSA) is 59.4 Å². The molecule has 2 aliphatic rings. The van der Waals surface area contributed by atoms with Crippen LogP contribution in [-0.4, -0.2) is 40.7 Å². The second-order valence-corrected chi connectivity index (χ2v) is 8.15. The maximum absolute atomic E-state index is 12.9. The number of methoxy groups -OCH3 is 1. The molecule has 0 bridgehead atoms. The Bertz CT molecular complexity index is 828. The number of aryl methyl sites for hydroxylation is 1. The number of anilines is 1. The van der Waals surface area contributed by atoms with Crippen LogP contribution in [0.5, 0.6) is 5.75 Å². The minimum absolute atomic E-state index is 0.0642. The van der Waals surface area contributed by atoms with E-state index in [4.69, 9.17) is 4.74 Å². The van der Waals surface area contributed by atoms with Gasteiger partial charge in [0.25, 0.3) is 0 Å². The van der Waals surface area contributed by atoms with Crippen molar-refractivity contribution in [3.63, 3.8) is 0 Å². The van der Waals surface area contributed by atoms with Gasteiger partial charge in [0.1, 0.15) is 11.6 Å². The summed E-state index contributed by atoms with van der Waals surface area (Å²) in [5.74, 6) is 2.92. The second-order valence-electron chi connectivity index (χ2n) is 8.15. The Kier molecular flexibility index (Phi) is 5.55. The van der Waals surface area contributed by atoms with Crippen LogP contribution >= 0.6 is 0 Å². The predicted octanol–water partition coefficient (Wildman–Crippen LogP) is 4.41. The number of piperidine rings is 1. The fraction of sp³-hybridized carbons (Fsp3) is 0.545. The van der Waals surface area contributed by atoms with Gasteiger partial charge in [-0.25, -0.2) is 9.78 Å². The van der Waals surface area contributed by atoms with Gasteiger partial charge < -0.3 is 19.5 Å². The molecular weight excluding hydrogens is 352 g/mol. The van der Waals surface area contributed by atoms with Crippen molar-refractivity contribution < 1.29 is 9.53 Å². The van der Waals surface area contributed by atoms with Crippen molar-refractivity contribution in [3.05, 3.63) is 42.0 Å². The lowest BCUT2D eigenvalue weighted by Crippen LogP contribution is -2.42. The van der Waals surface area contributed by atoms with Crippen LogP contribution in [0.1, 0.15) is 49.4 Å². The molecule has 0 radical (unpaired) electrons. The lowest BCUT2D eigenvalue weighted by molar-refractivity contribution is 0.189. The Morgan fingerprint density at radius 1 is 1.29 bits per heavy atom. The number of urea groups is 1. The molecule has 1 aliphatic heterocycles. The molecule has 1 N–H and O–H groups in total. The fourth-order valence-electron chi connectivity index (χ4n) is 4.27. The van der Waals surface area contributed by atoms with Crippen molar-refractivity contribution in [2.75, 3.05) is 25.5 Å². The summed E-state index contributed by atoms with van der Waals surface area (Å²) >= 11 is 0. The predicted molar refractivity (Wildman–Crippen MR) is 110 cm³/mol. The lowest BCUT2D eigenvalue weighted by atomic mass is 9.85. The third-order valence-electron chi connectivity index (χ3n) is 6.10. The number of rotatable bonds is 5. The summed E-state index contributed by atoms with van der Waals surface area (Å²) < 4.78 is 7.71. The van der Waals surface area contributed by atoms with Crippen LogP contribution in [0, 0.1) is 12.8 Å². The van der Waals surface area contributed by atoms with Crippen molar-refractivity contribution in [1.29, 1.82) is 0 Å². The smallest absolute Gasteiger partial charge is 0.321 e. The summed E-state index contributed by atoms with van der Waals surface area (Å²) in [4.78, 5) is 19.5. The summed E-state index contributed by atoms with van der Waals surface area (Å²) in [7, 11) is 1.62. The highest BCUT2D eigenvalue weighted by Crippen LogP contribution is 2.32. The number of nitrogens with one attached hydrogen (secondary N) is 1. The molecule has 6 heteroatoms. The Morgan fingerprint density at radius 3 is 2.89 bits per heavy atom. The highest BCUT2D eigenvalue weighted by molar-refractivity contribution is 5.91. The molecule has 1 saturated carbocycles. The molecule has 1 saturated heterocycles. The van der Waals surface area contributed by atoms with Crippen molar-refractivity contribution in [2.45, 2.75) is 51.5 Å². The van der Waals surface area contributed by atoms with Gasteiger partial charge in [-0.1, -0.05) is 12.5 Å². The van der Waals surface area contributed by atoms with Gasteiger partial charge in [0.15, 0.2) is 0 Å². The Balaban J connectivity index is 1.43. The van der Waals surface area contributed by atoms with Gasteiger partial charge in [-0.2, -0.15) is 0 Å². The number of benzene rings is 1. The monoisotopic (exact) mass is 382 g/mol. The SMILES string of the molecule is COc1ccc(C)cc1NC(=O)N1CCC[C@H](c2nccn2CC2CCC2)C1. The van der Waals surface area contributed by atoms with Gasteiger partial charge in [-0.15, -0.1) is 0 Å². The Labute approximate surface area is 166 Å². The molecule has 1 aliphatic carbocycles. The third-order valence-corrected chi connectivity index (χ3v) is 6.10. The summed E-state index contributed by atoms with van der Waals surface area (Å²) in [5, 5.41) is 3.04. The van der Waals surface area contributed by atoms with Crippen molar-refractivity contribution in [3.8, 4) is 5.75 Å². The zero-order chi connectivity index (χ0) is 19.5. The number of hydrogen-bond acceptors (Lipinski definition) is 3. The molecule has 6 nitrogen and oxygen atoms in total. The minimum Gasteiger partial charge on any atom is -0.495 e. The minimum atomic E-state index is -0.0642. The molecule has 1 aromatic carbocycles. The molecule has 150 valence electrons. The molecule has 2 amide bonds. The van der Waals surface area contributed by atoms with E-state index in [1.165, 1.54) is 19.3 Å². The van der Waals surface area contributed by atoms with Crippen molar-refractivity contribution >= 4 is 11.7 Å². The summed E-state index contributed by atoms with van der Waals surface area (Å²) in [6.07, 6.45) is 10.1. The zero-order valence-corrected chi connectivity index (χ0v) is 16.9. The first-order valence-electron chi connectivity index (χ1n) is 10.4. The number of hydrogen-bond donors (Lipinski definition) is 1. The van der Waals surface area contributed by atoms with Crippen LogP contribution in [0.3, 0.4) is 0 Å². The highest BCUT2D eigenvalue weighted by atomic mass is 16.5. The summed E-state index contributed by atoms with van der Waals surface area (Å²) in [6.45, 7) is 4.56. The van der Waals surface area contributed by atoms with Crippen LogP contribution in [0.4, 0.5) is 10.5 Å². The number of nitrogens with zero attached hydrogens (tertiary/aromatic N) is 3. The van der Waals surface area contributed by atoms with Gasteiger partial charge in [-0.3, -0.25) is 0 Å². The number of likely N-dealkylation sites (tertiary alicyclic amines) is 1. The molecule has 0 spiro atoms. The van der Waals surface area contributed by atoms with Gasteiger partial charge in [0.2, 0.25) is 0 Å². The van der Waals surface area contributed by atoms with Crippen LogP contribution in [0.25, 0.3) is 0 Å². The summed E-state index contributed by atoms with van der Waals surface area (Å²) in [5.41, 5.74) is 1.81. The quantitative estimate of drug-likeness (QED) is 0.833. The lowest BCUT2D eigenvalue weighted by Gasteiger charge is -2.33. The van der Waals surface area contributed by atoms with Gasteiger partial charge in [0.05, 0.1) is 12.8 Å². The average Bonchev–Trinajstić information content (AvgIpc) is 3.13. The fourth-order valence-corrected chi connectivity index (χ4v) is 4.27. The molecule has 1 aromatic heterocycles. The van der Waals surface area contributed by atoms with E-state index in [0.717, 1.165) is 48.9 Å². The molecule has 2 aromatic rings. The first-order valence-corrected chi connectivity index (χ1v) is 10.4. The van der Waals surface area contributed by atoms with Crippen LogP contribution < -0.4 is 10.1 Å². The first kappa shape index (κ1) is 18.8. The van der Waals surface area contributed by atoms with E-state index < -0.39 is 0 Å². The van der Waals surface area contributed by atoms with E-state index in [1.54, 1.807) is 7.11 Å². The largest absolute Gasteiger partial charge is 0.495 e. The van der Waals surface area contributed by atoms with Crippen molar-refractivity contribution in [2.24, 2.45) is 5.92 Å². The van der Waals surface area contributed by atoms with Crippen LogP contribution in [0.2, 0.25) is 0 Å². The van der Waals surface area contributed by atoms with Crippen molar-refractivity contribution in [1.82, 2.24) is 14.5 Å². The third kappa shape index (κ3) is 4.01. The number of carbonyl (C=O) groups excluding carboxylic acids is 1. The van der Waals surface area contributed by atoms with Gasteiger partial charge >= 0.3 is 6.03 Å². The van der Waals surface area contributed by atoms with Crippen LogP contribution in [-0.2, 0) is 6.54 Å². The first-order chi connectivity index (χ1) is 13.6. The van der Waals surface area contributed by atoms with E-state index in [2.05, 4.69) is 21.1 Å². The zero-order valence-electron chi connectivity index (χ0n) is 16.9. The molecule has 1 atom stereocenters. The molecule has 28 heavy (non-hydrogen) atoms. The standard InChI is InChI=1S/C22H30N4O2/c1-16-8-9-20(28-2)19(13-16)24-22(27)26-11-4-7-18(15-26)21-23-10-12-25(21)14-17-5-3-6-17/h8-10,12-13,17-18H,3-7,11,14-15H2,1-2H3,(H,24,27)/t18-/m0/s1. The van der Waals surface area contributed by atoms with E-state index in [1.807, 2.05) is 36.2 Å². The molecule has 2 fully saturated rings. The second kappa shape index (κ2) is 8.25. The number of aromatic nitrogens is 2. The molecule has 2 heterocycles. The molecule has 0 unspecified atom stereocenters. The Hall–Kier alpha value is -2.50. The van der Waals surface area contributed by atoms with Gasteiger partial charge in [-0.05, 0) is 56.2 Å². The van der Waals surface area contributed by atoms with E-state index in [-0.39, 0.29) is 6.03 Å². The summed E-state index contributed by atoms with van der Waals surface area (Å²) in [6, 6.07) is 5.75. The number of carbonyl (C=O) groups is 1. The number of amides is 2. The average molecular weight is 383 g/mol. The molecular formula is C22H30N4O2. The van der Waals surface area contributed by atoms with E-state index in [0.29, 0.717) is 18.2 Å².